The minimum atomic E-state index is -1.22. The number of hydrogen-bond acceptors (Lipinski definition) is 9. The van der Waals surface area contributed by atoms with Crippen LogP contribution in [0.4, 0.5) is 4.79 Å². The molecule has 5 rings (SSSR count). The van der Waals surface area contributed by atoms with Gasteiger partial charge >= 0.3 is 6.16 Å². The van der Waals surface area contributed by atoms with Crippen molar-refractivity contribution in [2.45, 2.75) is 58.0 Å². The Kier molecular flexibility index (Phi) is 7.78. The Morgan fingerprint density at radius 3 is 2.63 bits per heavy atom. The number of aryl methyl sites for hydroxylation is 2. The zero-order valence-electron chi connectivity index (χ0n) is 22.1. The van der Waals surface area contributed by atoms with Crippen LogP contribution in [-0.4, -0.2) is 70.7 Å². The first kappa shape index (κ1) is 26.0. The van der Waals surface area contributed by atoms with Crippen molar-refractivity contribution in [1.82, 2.24) is 20.0 Å². The van der Waals surface area contributed by atoms with Gasteiger partial charge < -0.3 is 23.8 Å². The normalized spacial score (nSPS) is 16.4. The lowest BCUT2D eigenvalue weighted by molar-refractivity contribution is -0.0362. The van der Waals surface area contributed by atoms with E-state index in [1.807, 2.05) is 25.1 Å². The molecule has 0 unspecified atom stereocenters. The number of carbonyl (C=O) groups is 1. The molecule has 10 nitrogen and oxygen atoms in total. The van der Waals surface area contributed by atoms with Gasteiger partial charge in [0.2, 0.25) is 11.7 Å². The number of aromatic nitrogens is 3. The number of carboxylic acid groups (broad SMARTS) is 1. The number of methoxy groups -OCH3 is 1. The van der Waals surface area contributed by atoms with Gasteiger partial charge in [0.15, 0.2) is 0 Å². The molecule has 1 aliphatic carbocycles. The molecule has 2 fully saturated rings. The molecule has 38 heavy (non-hydrogen) atoms. The van der Waals surface area contributed by atoms with Crippen LogP contribution in [0.25, 0.3) is 22.8 Å². The van der Waals surface area contributed by atoms with Gasteiger partial charge in [-0.15, -0.1) is 0 Å². The topological polar surface area (TPSA) is 120 Å². The van der Waals surface area contributed by atoms with Crippen molar-refractivity contribution in [3.63, 3.8) is 0 Å². The predicted octanol–water partition coefficient (Wildman–Crippen LogP) is 5.09. The third kappa shape index (κ3) is 5.75. The number of benzene rings is 1. The summed E-state index contributed by atoms with van der Waals surface area (Å²) < 4.78 is 22.1. The molecule has 0 amide bonds. The summed E-state index contributed by atoms with van der Waals surface area (Å²) in [6.07, 6.45) is 4.05. The van der Waals surface area contributed by atoms with Gasteiger partial charge in [-0.25, -0.2) is 9.78 Å². The molecule has 202 valence electrons. The Bertz CT molecular complexity index is 1280. The first-order chi connectivity index (χ1) is 18.4. The van der Waals surface area contributed by atoms with Crippen LogP contribution in [0.5, 0.6) is 11.6 Å². The summed E-state index contributed by atoms with van der Waals surface area (Å²) in [6.45, 7) is 6.51. The zero-order valence-corrected chi connectivity index (χ0v) is 22.1. The number of nitrogens with zero attached hydrogens (tertiary/aromatic N) is 4. The van der Waals surface area contributed by atoms with Crippen molar-refractivity contribution in [2.24, 2.45) is 0 Å². The minimum absolute atomic E-state index is 0.248. The molecule has 3 aromatic rings. The van der Waals surface area contributed by atoms with E-state index in [0.29, 0.717) is 49.8 Å². The van der Waals surface area contributed by atoms with Gasteiger partial charge in [0.05, 0.1) is 7.11 Å². The van der Waals surface area contributed by atoms with E-state index < -0.39 is 6.16 Å². The zero-order chi connectivity index (χ0) is 26.6. The number of pyridine rings is 1. The van der Waals surface area contributed by atoms with Gasteiger partial charge in [0.25, 0.3) is 5.89 Å². The van der Waals surface area contributed by atoms with Crippen molar-refractivity contribution >= 4 is 6.16 Å². The molecule has 10 heteroatoms. The molecule has 3 heterocycles. The van der Waals surface area contributed by atoms with Gasteiger partial charge in [0, 0.05) is 48.4 Å². The van der Waals surface area contributed by atoms with E-state index in [-0.39, 0.29) is 6.10 Å². The maximum Gasteiger partial charge on any atom is 0.506 e. The SMILES string of the molecule is CCc1cc(-c2noc(-c3cc(OC)nc(C4CCCC4)c3)n2)cc(C)c1OCCN1CC(OC(=O)O)C1. The molecular weight excluding hydrogens is 488 g/mol. The smallest absolute Gasteiger partial charge is 0.492 e. The maximum absolute atomic E-state index is 10.6. The average molecular weight is 523 g/mol. The Morgan fingerprint density at radius 1 is 1.13 bits per heavy atom. The maximum atomic E-state index is 10.6. The van der Waals surface area contributed by atoms with Crippen LogP contribution in [0.15, 0.2) is 28.8 Å². The highest BCUT2D eigenvalue weighted by Gasteiger charge is 2.29. The molecule has 1 saturated carbocycles. The number of hydrogen-bond donors (Lipinski definition) is 1. The first-order valence-corrected chi connectivity index (χ1v) is 13.2. The summed E-state index contributed by atoms with van der Waals surface area (Å²) in [5, 5.41) is 13.0. The summed E-state index contributed by atoms with van der Waals surface area (Å²) in [5.74, 6) is 2.81. The van der Waals surface area contributed by atoms with Crippen LogP contribution in [0.3, 0.4) is 0 Å². The first-order valence-electron chi connectivity index (χ1n) is 13.2. The van der Waals surface area contributed by atoms with E-state index in [4.69, 9.17) is 28.8 Å². The summed E-state index contributed by atoms with van der Waals surface area (Å²) in [5.41, 5.74) is 4.76. The fourth-order valence-corrected chi connectivity index (χ4v) is 5.29. The second kappa shape index (κ2) is 11.4. The highest BCUT2D eigenvalue weighted by molar-refractivity contribution is 5.64. The van der Waals surface area contributed by atoms with Crippen molar-refractivity contribution in [2.75, 3.05) is 33.4 Å². The molecule has 0 bridgehead atoms. The van der Waals surface area contributed by atoms with Crippen LogP contribution in [-0.2, 0) is 11.2 Å². The molecule has 0 radical (unpaired) electrons. The fourth-order valence-electron chi connectivity index (χ4n) is 5.29. The summed E-state index contributed by atoms with van der Waals surface area (Å²) in [6, 6.07) is 7.95. The molecule has 1 aromatic carbocycles. The summed E-state index contributed by atoms with van der Waals surface area (Å²) in [7, 11) is 1.62. The third-order valence-electron chi connectivity index (χ3n) is 7.31. The van der Waals surface area contributed by atoms with Gasteiger partial charge in [-0.1, -0.05) is 24.9 Å². The Hall–Kier alpha value is -3.66. The molecule has 1 saturated heterocycles. The Balaban J connectivity index is 1.28. The Labute approximate surface area is 221 Å². The molecule has 1 aliphatic heterocycles. The quantitative estimate of drug-likeness (QED) is 0.360. The fraction of sp³-hybridized carbons (Fsp3) is 0.500. The van der Waals surface area contributed by atoms with Crippen LogP contribution >= 0.6 is 0 Å². The lowest BCUT2D eigenvalue weighted by atomic mass is 10.0. The highest BCUT2D eigenvalue weighted by atomic mass is 16.7. The van der Waals surface area contributed by atoms with E-state index in [9.17, 15) is 4.79 Å². The van der Waals surface area contributed by atoms with Crippen LogP contribution < -0.4 is 9.47 Å². The van der Waals surface area contributed by atoms with Crippen LogP contribution in [0.2, 0.25) is 0 Å². The van der Waals surface area contributed by atoms with Crippen LogP contribution in [0, 0.1) is 6.92 Å². The van der Waals surface area contributed by atoms with Gasteiger partial charge in [0.1, 0.15) is 18.5 Å². The van der Waals surface area contributed by atoms with Crippen molar-refractivity contribution in [1.29, 1.82) is 0 Å². The molecule has 2 aliphatic rings. The van der Waals surface area contributed by atoms with E-state index in [2.05, 4.69) is 28.0 Å². The third-order valence-corrected chi connectivity index (χ3v) is 7.31. The molecular formula is C28H34N4O6. The van der Waals surface area contributed by atoms with Gasteiger partial charge in [-0.2, -0.15) is 4.98 Å². The van der Waals surface area contributed by atoms with Gasteiger partial charge in [-0.3, -0.25) is 4.90 Å². The Morgan fingerprint density at radius 2 is 1.92 bits per heavy atom. The molecule has 0 spiro atoms. The number of ether oxygens (including phenoxy) is 3. The molecule has 1 N–H and O–H groups in total. The van der Waals surface area contributed by atoms with Gasteiger partial charge in [-0.05, 0) is 55.5 Å². The lowest BCUT2D eigenvalue weighted by Crippen LogP contribution is -2.53. The van der Waals surface area contributed by atoms with E-state index in [1.54, 1.807) is 7.11 Å². The second-order valence-corrected chi connectivity index (χ2v) is 9.98. The second-order valence-electron chi connectivity index (χ2n) is 9.98. The van der Waals surface area contributed by atoms with Crippen LogP contribution in [0.1, 0.15) is 55.3 Å². The highest BCUT2D eigenvalue weighted by Crippen LogP contribution is 2.36. The van der Waals surface area contributed by atoms with E-state index >= 15 is 0 Å². The predicted molar refractivity (Wildman–Crippen MR) is 140 cm³/mol. The number of rotatable bonds is 10. The standard InChI is InChI=1S/C28H34N4O6/c1-4-18-12-20(11-17(2)25(18)36-10-9-32-15-22(16-32)37-28(33)34)26-30-27(38-31-26)21-13-23(19-7-5-6-8-19)29-24(14-21)35-3/h11-14,19,22H,4-10,15-16H2,1-3H3,(H,33,34). The van der Waals surface area contributed by atoms with Crippen molar-refractivity contribution in [3.8, 4) is 34.5 Å². The van der Waals surface area contributed by atoms with E-state index in [1.165, 1.54) is 12.8 Å². The summed E-state index contributed by atoms with van der Waals surface area (Å²) >= 11 is 0. The minimum Gasteiger partial charge on any atom is -0.492 e. The summed E-state index contributed by atoms with van der Waals surface area (Å²) in [4.78, 5) is 22.1. The van der Waals surface area contributed by atoms with Crippen molar-refractivity contribution in [3.05, 3.63) is 41.1 Å². The number of likely N-dealkylation sites (tertiary alicyclic amines) is 1. The lowest BCUT2D eigenvalue weighted by Gasteiger charge is -2.37. The molecule has 0 atom stereocenters. The average Bonchev–Trinajstić information content (AvgIpc) is 3.60. The monoisotopic (exact) mass is 522 g/mol. The largest absolute Gasteiger partial charge is 0.506 e. The van der Waals surface area contributed by atoms with E-state index in [0.717, 1.165) is 53.0 Å². The van der Waals surface area contributed by atoms with Crippen molar-refractivity contribution < 1.29 is 28.6 Å². The molecule has 2 aromatic heterocycles.